The van der Waals surface area contributed by atoms with Gasteiger partial charge in [0.1, 0.15) is 40.5 Å². The number of ketones is 5. The Labute approximate surface area is 648 Å². The zero-order chi connectivity index (χ0) is 79.7. The summed E-state index contributed by atoms with van der Waals surface area (Å²) in [6.07, 6.45) is 12.4. The number of Topliss-reactive ketones (excluding diaryl/α,β-unsaturated/α-hetero) is 5. The van der Waals surface area contributed by atoms with Crippen molar-refractivity contribution in [3.8, 4) is 73.5 Å². The molecule has 574 valence electrons. The van der Waals surface area contributed by atoms with Crippen molar-refractivity contribution in [2.45, 2.75) is 144 Å². The second-order valence-corrected chi connectivity index (χ2v) is 27.4. The summed E-state index contributed by atoms with van der Waals surface area (Å²) in [7, 11) is 12.2. The molecule has 5 aromatic carbocycles. The van der Waals surface area contributed by atoms with Gasteiger partial charge in [0.2, 0.25) is 0 Å². The molecule has 109 heavy (non-hydrogen) atoms. The zero-order valence-electron chi connectivity index (χ0n) is 65.9. The van der Waals surface area contributed by atoms with Crippen LogP contribution in [0.4, 0.5) is 4.39 Å². The van der Waals surface area contributed by atoms with Crippen molar-refractivity contribution in [2.75, 3.05) is 49.5 Å². The van der Waals surface area contributed by atoms with Crippen molar-refractivity contribution >= 4 is 40.5 Å². The molecule has 10 aromatic rings. The Balaban J connectivity index is 0.000000213. The van der Waals surface area contributed by atoms with Crippen LogP contribution in [0.25, 0.3) is 56.3 Å². The summed E-state index contributed by atoms with van der Waals surface area (Å²) < 4.78 is 29.4. The summed E-state index contributed by atoms with van der Waals surface area (Å²) in [6, 6.07) is 53.8. The van der Waals surface area contributed by atoms with Crippen LogP contribution in [0.1, 0.15) is 107 Å². The van der Waals surface area contributed by atoms with Gasteiger partial charge in [-0.1, -0.05) is 116 Å². The minimum atomic E-state index is -0.449. The van der Waals surface area contributed by atoms with E-state index in [9.17, 15) is 28.4 Å². The fourth-order valence-electron chi connectivity index (χ4n) is 11.5. The molecule has 5 N–H and O–H groups in total. The first-order chi connectivity index (χ1) is 52.2. The van der Waals surface area contributed by atoms with E-state index in [1.807, 2.05) is 155 Å². The number of methoxy groups -OCH3 is 2. The van der Waals surface area contributed by atoms with E-state index in [4.69, 9.17) is 25.8 Å². The Morgan fingerprint density at radius 1 is 0.394 bits per heavy atom. The number of carbonyl (C=O) groups excluding carboxylic acids is 5. The monoisotopic (exact) mass is 1500 g/mol. The van der Waals surface area contributed by atoms with Gasteiger partial charge < -0.3 is 40.8 Å². The summed E-state index contributed by atoms with van der Waals surface area (Å²) in [5.41, 5.74) is 17.1. The van der Waals surface area contributed by atoms with Crippen LogP contribution in [0.2, 0.25) is 5.02 Å². The average Bonchev–Trinajstić information content (AvgIpc) is 0.858. The first kappa shape index (κ1) is 87.5. The molecule has 0 bridgehead atoms. The van der Waals surface area contributed by atoms with Gasteiger partial charge in [-0.2, -0.15) is 0 Å². The lowest BCUT2D eigenvalue weighted by atomic mass is 10.00. The van der Waals surface area contributed by atoms with E-state index in [2.05, 4.69) is 109 Å². The molecular weight excluding hydrogens is 1390 g/mol. The molecule has 0 saturated heterocycles. The fourth-order valence-corrected chi connectivity index (χ4v) is 11.7. The maximum atomic E-state index is 13.1. The molecule has 5 atom stereocenters. The largest absolute Gasteiger partial charge is 0.493 e. The van der Waals surface area contributed by atoms with Gasteiger partial charge in [-0.25, -0.2) is 4.39 Å². The van der Waals surface area contributed by atoms with E-state index in [1.165, 1.54) is 17.2 Å². The molecule has 0 radical (unpaired) electrons. The van der Waals surface area contributed by atoms with Crippen LogP contribution < -0.4 is 40.8 Å². The van der Waals surface area contributed by atoms with Crippen LogP contribution in [-0.4, -0.2) is 140 Å². The Hall–Kier alpha value is -10.4. The fraction of sp³-hybridized carbons (Fsp3) is 0.326. The summed E-state index contributed by atoms with van der Waals surface area (Å²) >= 11 is 5.77. The van der Waals surface area contributed by atoms with Crippen LogP contribution in [0.5, 0.6) is 17.2 Å². The Morgan fingerprint density at radius 3 is 1.07 bits per heavy atom. The number of benzene rings is 5. The zero-order valence-corrected chi connectivity index (χ0v) is 66.6. The van der Waals surface area contributed by atoms with E-state index in [0.717, 1.165) is 84.2 Å². The predicted molar refractivity (Wildman–Crippen MR) is 437 cm³/mol. The normalized spacial score (nSPS) is 12.2. The number of nitrogens with one attached hydrogen (secondary N) is 5. The van der Waals surface area contributed by atoms with Gasteiger partial charge in [0.05, 0.1) is 84.0 Å². The minimum Gasteiger partial charge on any atom is -0.493 e. The first-order valence-corrected chi connectivity index (χ1v) is 36.8. The van der Waals surface area contributed by atoms with Crippen LogP contribution in [0, 0.1) is 12.7 Å². The van der Waals surface area contributed by atoms with E-state index in [0.29, 0.717) is 55.2 Å². The highest BCUT2D eigenvalue weighted by atomic mass is 35.5. The number of hydrogen-bond donors (Lipinski definition) is 5. The molecule has 0 amide bonds. The molecule has 5 heterocycles. The molecule has 10 rings (SSSR count). The lowest BCUT2D eigenvalue weighted by Gasteiger charge is -2.13. The van der Waals surface area contributed by atoms with Gasteiger partial charge in [-0.15, -0.1) is 0 Å². The quantitative estimate of drug-likeness (QED) is 0.0281. The second-order valence-electron chi connectivity index (χ2n) is 27.0. The number of aryl methyl sites for hydroxylation is 1. The van der Waals surface area contributed by atoms with Gasteiger partial charge in [-0.05, 0) is 246 Å². The predicted octanol–water partition coefficient (Wildman–Crippen LogP) is 15.4. The van der Waals surface area contributed by atoms with Gasteiger partial charge in [0, 0.05) is 58.8 Å². The standard InChI is InChI=1S/C19H24N2O2.C19H24N2O.C18H22N2O3.C17H20N2O.C16H16ClFN2O/c1-13(2)23-17-7-5-6-16(11-17)18-9-8-15(12-21-18)10-19(20-4)14(3)22;1-13(2)16-6-8-17(9-7-16)18-10-5-15(12-21-18)11-19(20-4)14(3)22;1-12(21)16(19-2)9-13-5-7-15(20-11-13)14-6-8-17(22-3)18(10-14)23-4;1-12-6-4-5-7-15(12)16-9-8-14(11-19-16)10-17(18-3)13(2)20;1-10(21)16(19-2)7-11-3-6-15(20-9-11)12-4-5-14(18)13(17)8-12/h5-9,11-13,19-20H,10H2,1-4H3;5-10,12-13,19-20H,11H2,1-4H3;5-8,10-11,16,19H,9H2,1-4H3;4-9,11,17-18H,10H2,1-3H3;3-6,8-9,16,19H,7H2,1-2H3/t2*19-;16-;17-;16-/m00000/s1. The summed E-state index contributed by atoms with van der Waals surface area (Å²) in [4.78, 5) is 79.7. The number of likely N-dealkylation sites (N-methyl/N-ethyl adjacent to an activating group) is 5. The van der Waals surface area contributed by atoms with Gasteiger partial charge in [-0.3, -0.25) is 48.9 Å². The molecule has 0 spiro atoms. The molecule has 0 fully saturated rings. The van der Waals surface area contributed by atoms with E-state index in [1.54, 1.807) is 102 Å². The maximum absolute atomic E-state index is 13.1. The third kappa shape index (κ3) is 28.0. The lowest BCUT2D eigenvalue weighted by Crippen LogP contribution is -2.34. The first-order valence-electron chi connectivity index (χ1n) is 36.5. The number of nitrogens with zero attached hydrogens (tertiary/aromatic N) is 5. The number of ether oxygens (including phenoxy) is 3. The molecule has 0 aliphatic heterocycles. The van der Waals surface area contributed by atoms with Crippen LogP contribution in [0.3, 0.4) is 0 Å². The van der Waals surface area contributed by atoms with Crippen molar-refractivity contribution < 1.29 is 42.6 Å². The third-order valence-corrected chi connectivity index (χ3v) is 18.5. The van der Waals surface area contributed by atoms with Gasteiger partial charge >= 0.3 is 0 Å². The van der Waals surface area contributed by atoms with E-state index >= 15 is 0 Å². The Bertz CT molecular complexity index is 4510. The lowest BCUT2D eigenvalue weighted by molar-refractivity contribution is -0.119. The Kier molecular flexibility index (Phi) is 36.0. The second kappa shape index (κ2) is 44.8. The van der Waals surface area contributed by atoms with Crippen molar-refractivity contribution in [2.24, 2.45) is 0 Å². The summed E-state index contributed by atoms with van der Waals surface area (Å²) in [6.45, 7) is 18.4. The molecule has 0 aliphatic carbocycles. The van der Waals surface area contributed by atoms with Crippen molar-refractivity contribution in [1.82, 2.24) is 51.5 Å². The highest BCUT2D eigenvalue weighted by molar-refractivity contribution is 6.31. The van der Waals surface area contributed by atoms with Crippen molar-refractivity contribution in [3.05, 3.63) is 251 Å². The SMILES string of the molecule is CN[C@@H](Cc1ccc(-c2ccc(C(C)C)cc2)nc1)C(C)=O.CN[C@@H](Cc1ccc(-c2ccc(F)c(Cl)c2)nc1)C(C)=O.CN[C@@H](Cc1ccc(-c2ccc(OC)c(OC)c2)nc1)C(C)=O.CN[C@@H](Cc1ccc(-c2cccc(OC(C)C)c2)nc1)C(C)=O.CN[C@@H](Cc1ccc(-c2ccccc2C)nc1)C(C)=O. The molecule has 0 saturated carbocycles. The van der Waals surface area contributed by atoms with Gasteiger partial charge in [0.15, 0.2) is 11.5 Å². The number of hydrogen-bond acceptors (Lipinski definition) is 18. The van der Waals surface area contributed by atoms with Crippen LogP contribution in [-0.2, 0) is 56.1 Å². The van der Waals surface area contributed by atoms with Crippen LogP contribution >= 0.6 is 11.6 Å². The van der Waals surface area contributed by atoms with E-state index < -0.39 is 5.82 Å². The van der Waals surface area contributed by atoms with Crippen molar-refractivity contribution in [3.63, 3.8) is 0 Å². The molecule has 5 aromatic heterocycles. The highest BCUT2D eigenvalue weighted by Gasteiger charge is 2.19. The number of halogens is 2. The topological polar surface area (TPSA) is 238 Å². The summed E-state index contributed by atoms with van der Waals surface area (Å²) in [5.74, 6) is 2.93. The number of rotatable bonds is 30. The number of pyridine rings is 5. The molecule has 18 nitrogen and oxygen atoms in total. The van der Waals surface area contributed by atoms with E-state index in [-0.39, 0.29) is 70.3 Å². The number of carbonyl (C=O) groups is 5. The van der Waals surface area contributed by atoms with Crippen LogP contribution in [0.15, 0.2) is 201 Å². The average molecular weight is 1500 g/mol. The Morgan fingerprint density at radius 2 is 0.743 bits per heavy atom. The molecule has 0 aliphatic rings. The maximum Gasteiger partial charge on any atom is 0.161 e. The van der Waals surface area contributed by atoms with Gasteiger partial charge in [0.25, 0.3) is 0 Å². The summed E-state index contributed by atoms with van der Waals surface area (Å²) in [5, 5.41) is 15.2. The minimum absolute atomic E-state index is 0.0743. The third-order valence-electron chi connectivity index (χ3n) is 18.2. The number of aromatic nitrogens is 5. The smallest absolute Gasteiger partial charge is 0.161 e. The van der Waals surface area contributed by atoms with Crippen molar-refractivity contribution in [1.29, 1.82) is 0 Å². The molecule has 20 heteroatoms. The molecular formula is C89H106ClFN10O8. The molecule has 0 unspecified atom stereocenters. The highest BCUT2D eigenvalue weighted by Crippen LogP contribution is 2.33.